The van der Waals surface area contributed by atoms with E-state index in [9.17, 15) is 8.78 Å². The molecule has 0 aliphatic carbocycles. The normalized spacial score (nSPS) is 14.5. The van der Waals surface area contributed by atoms with Crippen LogP contribution in [0.2, 0.25) is 10.0 Å². The highest BCUT2D eigenvalue weighted by molar-refractivity contribution is 7.80. The highest BCUT2D eigenvalue weighted by atomic mass is 35.5. The molecule has 0 saturated carbocycles. The van der Waals surface area contributed by atoms with Gasteiger partial charge in [0.1, 0.15) is 11.6 Å². The van der Waals surface area contributed by atoms with Gasteiger partial charge in [0, 0.05) is 48.3 Å². The molecule has 2 heterocycles. The fourth-order valence-electron chi connectivity index (χ4n) is 4.05. The Morgan fingerprint density at radius 1 is 1.03 bits per heavy atom. The van der Waals surface area contributed by atoms with Gasteiger partial charge in [0.05, 0.1) is 23.6 Å². The summed E-state index contributed by atoms with van der Waals surface area (Å²) in [6, 6.07) is 9.16. The van der Waals surface area contributed by atoms with Crippen LogP contribution in [0.25, 0.3) is 0 Å². The van der Waals surface area contributed by atoms with Gasteiger partial charge in [-0.05, 0) is 55.9 Å². The van der Waals surface area contributed by atoms with Gasteiger partial charge in [-0.25, -0.2) is 8.78 Å². The van der Waals surface area contributed by atoms with E-state index in [2.05, 4.69) is 20.2 Å². The predicted molar refractivity (Wildman–Crippen MR) is 137 cm³/mol. The number of piperazine rings is 1. The van der Waals surface area contributed by atoms with E-state index in [-0.39, 0.29) is 18.2 Å². The number of thiocarbonyl (C=S) groups is 1. The minimum atomic E-state index is -0.357. The number of anilines is 1. The molecule has 0 unspecified atom stereocenters. The molecule has 3 aromatic rings. The van der Waals surface area contributed by atoms with E-state index in [4.69, 9.17) is 35.4 Å². The van der Waals surface area contributed by atoms with Gasteiger partial charge >= 0.3 is 0 Å². The standard InChI is InChI=1S/C24H25Cl2F2N5S/c1-15-23(16(2)33(30-15)14-19-20(25)4-3-5-22(19)28)29-24(34)32-10-8-31(9-11-32)13-17-6-7-18(27)12-21(17)26/h3-7,12H,8-11,13-14H2,1-2H3,(H,29,34). The highest BCUT2D eigenvalue weighted by Crippen LogP contribution is 2.25. The van der Waals surface area contributed by atoms with Crippen LogP contribution in [0.3, 0.4) is 0 Å². The molecule has 0 radical (unpaired) electrons. The molecule has 5 nitrogen and oxygen atoms in total. The smallest absolute Gasteiger partial charge is 0.173 e. The number of rotatable bonds is 5. The summed E-state index contributed by atoms with van der Waals surface area (Å²) in [7, 11) is 0. The van der Waals surface area contributed by atoms with Gasteiger partial charge in [0.2, 0.25) is 0 Å². The number of benzene rings is 2. The molecule has 1 saturated heterocycles. The monoisotopic (exact) mass is 523 g/mol. The van der Waals surface area contributed by atoms with Crippen molar-refractivity contribution < 1.29 is 8.78 Å². The van der Waals surface area contributed by atoms with Crippen LogP contribution < -0.4 is 5.32 Å². The summed E-state index contributed by atoms with van der Waals surface area (Å²) in [6.07, 6.45) is 0. The van der Waals surface area contributed by atoms with Crippen molar-refractivity contribution in [1.29, 1.82) is 0 Å². The maximum Gasteiger partial charge on any atom is 0.173 e. The molecule has 10 heteroatoms. The van der Waals surface area contributed by atoms with E-state index < -0.39 is 0 Å². The van der Waals surface area contributed by atoms with Gasteiger partial charge in [0.25, 0.3) is 0 Å². The molecule has 2 aromatic carbocycles. The molecule has 0 atom stereocenters. The number of halogens is 4. The molecule has 4 rings (SSSR count). The molecule has 1 N–H and O–H groups in total. The van der Waals surface area contributed by atoms with E-state index in [0.717, 1.165) is 48.8 Å². The zero-order valence-corrected chi connectivity index (χ0v) is 21.2. The van der Waals surface area contributed by atoms with Gasteiger partial charge in [-0.1, -0.05) is 35.3 Å². The molecule has 180 valence electrons. The Hall–Kier alpha value is -2.26. The Labute approximate surface area is 213 Å². The van der Waals surface area contributed by atoms with E-state index in [0.29, 0.717) is 27.3 Å². The van der Waals surface area contributed by atoms with Crippen LogP contribution in [0.4, 0.5) is 14.5 Å². The van der Waals surface area contributed by atoms with Crippen LogP contribution in [0.15, 0.2) is 36.4 Å². The number of aryl methyl sites for hydroxylation is 1. The third-order valence-corrected chi connectivity index (χ3v) is 7.12. The zero-order valence-electron chi connectivity index (χ0n) is 18.9. The van der Waals surface area contributed by atoms with E-state index in [1.54, 1.807) is 22.9 Å². The summed E-state index contributed by atoms with van der Waals surface area (Å²) in [5.74, 6) is -0.689. The van der Waals surface area contributed by atoms with Crippen molar-refractivity contribution in [3.8, 4) is 0 Å². The summed E-state index contributed by atoms with van der Waals surface area (Å²) < 4.78 is 29.3. The minimum Gasteiger partial charge on any atom is -0.346 e. The SMILES string of the molecule is Cc1nn(Cc2c(F)cccc2Cl)c(C)c1NC(=S)N1CCN(Cc2ccc(F)cc2Cl)CC1. The Bertz CT molecular complexity index is 1190. The van der Waals surface area contributed by atoms with Crippen LogP contribution in [0.1, 0.15) is 22.5 Å². The molecule has 0 bridgehead atoms. The quantitative estimate of drug-likeness (QED) is 0.437. The van der Waals surface area contributed by atoms with Gasteiger partial charge < -0.3 is 10.2 Å². The molecule has 1 fully saturated rings. The van der Waals surface area contributed by atoms with Crippen molar-refractivity contribution in [2.45, 2.75) is 26.9 Å². The molecular formula is C24H25Cl2F2N5S. The topological polar surface area (TPSA) is 36.3 Å². The second-order valence-electron chi connectivity index (χ2n) is 8.33. The summed E-state index contributed by atoms with van der Waals surface area (Å²) >= 11 is 18.0. The van der Waals surface area contributed by atoms with Crippen molar-refractivity contribution in [1.82, 2.24) is 19.6 Å². The number of nitrogens with zero attached hydrogens (tertiary/aromatic N) is 4. The van der Waals surface area contributed by atoms with E-state index in [1.165, 1.54) is 18.2 Å². The van der Waals surface area contributed by atoms with Crippen molar-refractivity contribution >= 4 is 46.2 Å². The predicted octanol–water partition coefficient (Wildman–Crippen LogP) is 5.65. The van der Waals surface area contributed by atoms with Gasteiger partial charge in [-0.15, -0.1) is 0 Å². The van der Waals surface area contributed by atoms with E-state index >= 15 is 0 Å². The summed E-state index contributed by atoms with van der Waals surface area (Å²) in [5, 5.41) is 9.33. The van der Waals surface area contributed by atoms with Crippen molar-refractivity contribution in [3.05, 3.63) is 80.6 Å². The average molecular weight is 524 g/mol. The fraction of sp³-hybridized carbons (Fsp3) is 0.333. The van der Waals surface area contributed by atoms with Crippen molar-refractivity contribution in [2.75, 3.05) is 31.5 Å². The highest BCUT2D eigenvalue weighted by Gasteiger charge is 2.22. The van der Waals surface area contributed by atoms with Gasteiger partial charge in [-0.3, -0.25) is 9.58 Å². The van der Waals surface area contributed by atoms with Crippen LogP contribution in [0.5, 0.6) is 0 Å². The van der Waals surface area contributed by atoms with Crippen molar-refractivity contribution in [2.24, 2.45) is 0 Å². The first-order valence-corrected chi connectivity index (χ1v) is 12.1. The lowest BCUT2D eigenvalue weighted by atomic mass is 10.2. The van der Waals surface area contributed by atoms with Gasteiger partial charge in [-0.2, -0.15) is 5.10 Å². The van der Waals surface area contributed by atoms with Crippen LogP contribution >= 0.6 is 35.4 Å². The number of nitrogens with one attached hydrogen (secondary N) is 1. The first kappa shape index (κ1) is 24.9. The molecule has 1 aliphatic rings. The molecule has 1 aliphatic heterocycles. The maximum atomic E-state index is 14.2. The number of hydrogen-bond acceptors (Lipinski definition) is 3. The molecule has 34 heavy (non-hydrogen) atoms. The summed E-state index contributed by atoms with van der Waals surface area (Å²) in [4.78, 5) is 4.38. The Kier molecular flexibility index (Phi) is 7.72. The first-order valence-electron chi connectivity index (χ1n) is 10.9. The lowest BCUT2D eigenvalue weighted by Gasteiger charge is -2.36. The van der Waals surface area contributed by atoms with Crippen molar-refractivity contribution in [3.63, 3.8) is 0 Å². The lowest BCUT2D eigenvalue weighted by Crippen LogP contribution is -2.49. The second-order valence-corrected chi connectivity index (χ2v) is 9.53. The van der Waals surface area contributed by atoms with Crippen LogP contribution in [-0.4, -0.2) is 50.9 Å². The molecular weight excluding hydrogens is 499 g/mol. The number of aromatic nitrogens is 2. The largest absolute Gasteiger partial charge is 0.346 e. The average Bonchev–Trinajstić information content (AvgIpc) is 3.06. The summed E-state index contributed by atoms with van der Waals surface area (Å²) in [5.41, 5.74) is 3.76. The summed E-state index contributed by atoms with van der Waals surface area (Å²) in [6.45, 7) is 7.82. The molecule has 0 amide bonds. The zero-order chi connectivity index (χ0) is 24.4. The maximum absolute atomic E-state index is 14.2. The Morgan fingerprint density at radius 2 is 1.76 bits per heavy atom. The third kappa shape index (κ3) is 5.51. The third-order valence-electron chi connectivity index (χ3n) is 6.05. The Morgan fingerprint density at radius 3 is 2.44 bits per heavy atom. The minimum absolute atomic E-state index is 0.233. The fourth-order valence-corrected chi connectivity index (χ4v) is 4.79. The number of hydrogen-bond donors (Lipinski definition) is 1. The van der Waals surface area contributed by atoms with Crippen LogP contribution in [0, 0.1) is 25.5 Å². The van der Waals surface area contributed by atoms with E-state index in [1.807, 2.05) is 13.8 Å². The first-order chi connectivity index (χ1) is 16.2. The van der Waals surface area contributed by atoms with Gasteiger partial charge in [0.15, 0.2) is 5.11 Å². The van der Waals surface area contributed by atoms with Crippen LogP contribution in [-0.2, 0) is 13.1 Å². The lowest BCUT2D eigenvalue weighted by molar-refractivity contribution is 0.177. The second kappa shape index (κ2) is 10.6. The molecule has 0 spiro atoms. The Balaban J connectivity index is 1.37. The molecule has 1 aromatic heterocycles.